The van der Waals surface area contributed by atoms with E-state index in [1.165, 1.54) is 52.8 Å². The molecule has 0 saturated carbocycles. The number of rotatable bonds is 10. The lowest BCUT2D eigenvalue weighted by molar-refractivity contribution is 0.0758. The monoisotopic (exact) mass is 1490 g/mol. The number of ether oxygens (including phenoxy) is 2. The first-order chi connectivity index (χ1) is 51.2. The van der Waals surface area contributed by atoms with E-state index >= 15 is 0 Å². The molecule has 0 spiro atoms. The van der Waals surface area contributed by atoms with Crippen LogP contribution in [0.4, 0.5) is 0 Å². The Morgan fingerprint density at radius 3 is 1.08 bits per heavy atom. The quantitative estimate of drug-likeness (QED) is 0.132. The van der Waals surface area contributed by atoms with Gasteiger partial charge in [-0.25, -0.2) is 4.98 Å². The highest BCUT2D eigenvalue weighted by Crippen LogP contribution is 2.21. The van der Waals surface area contributed by atoms with Gasteiger partial charge in [-0.05, 0) is 155 Å². The minimum atomic E-state index is 0.547. The van der Waals surface area contributed by atoms with Gasteiger partial charge in [0, 0.05) is 102 Å². The average molecular weight is 1500 g/mol. The molecule has 2 fully saturated rings. The number of pyridine rings is 3. The van der Waals surface area contributed by atoms with Crippen LogP contribution in [0, 0.1) is 17.8 Å². The molecule has 2 aliphatic rings. The number of benzene rings is 1. The van der Waals surface area contributed by atoms with Gasteiger partial charge in [0.05, 0.1) is 36.8 Å². The molecule has 622 valence electrons. The highest BCUT2D eigenvalue weighted by molar-refractivity contribution is 5.18. The van der Waals surface area contributed by atoms with Gasteiger partial charge >= 0.3 is 0 Å². The summed E-state index contributed by atoms with van der Waals surface area (Å²) in [6.45, 7) is 86.5. The second kappa shape index (κ2) is 90.1. The van der Waals surface area contributed by atoms with Crippen LogP contribution >= 0.6 is 0 Å². The van der Waals surface area contributed by atoms with Gasteiger partial charge < -0.3 is 18.5 Å². The average Bonchev–Trinajstić information content (AvgIpc) is 1.77. The maximum atomic E-state index is 5.41. The minimum Gasteiger partial charge on any atom is -0.472 e. The standard InChI is InChI=1S/C9H12.3C8H11N.3C7H12N2.C7H14O.C7H10O.C7H14O.10C2H6/c1-8(2)9-6-4-3-5-7-9;1-7(2)8-3-5-9-6-4-8;1-7(2)8-4-3-5-9-6-8;1-7(2)8-5-3-4-6-9-8;1-6(2)7-4-9(3)5-8-7;1-6(2)7-4-8-9(3)5-7;1-6(2)7-4-5-8-9(7)3;2*1-6(2)7-3-4-8-5-7;1-6(2)7-4-3-5-8-7;10*1-2/h3-8H,1-2H3;3*3-7H,1-2H3;3*4-6H,1-3H3;6-7H,3-5H2,1-2H3;3-6H,1-2H3;6-7H,3-5H2,1-2H3;10*1-2H3. The molecule has 7 aromatic heterocycles. The Kier molecular flexibility index (Phi) is 102. The third-order valence-electron chi connectivity index (χ3n) is 14.5. The van der Waals surface area contributed by atoms with Crippen molar-refractivity contribution in [2.24, 2.45) is 38.9 Å². The van der Waals surface area contributed by atoms with Crippen LogP contribution in [-0.4, -0.2) is 70.0 Å². The van der Waals surface area contributed by atoms with E-state index in [-0.39, 0.29) is 0 Å². The molecule has 0 aliphatic carbocycles. The molecule has 12 heteroatoms. The fraction of sp³-hybridized carbons (Fsp3) is 0.642. The predicted octanol–water partition coefficient (Wildman–Crippen LogP) is 30.2. The van der Waals surface area contributed by atoms with Crippen molar-refractivity contribution in [1.29, 1.82) is 0 Å². The zero-order valence-corrected chi connectivity index (χ0v) is 78.4. The second-order valence-electron chi connectivity index (χ2n) is 25.5. The summed E-state index contributed by atoms with van der Waals surface area (Å²) < 4.78 is 21.2. The number of aromatic nitrogens is 9. The van der Waals surface area contributed by atoms with Crippen LogP contribution in [0.25, 0.3) is 0 Å². The number of hydrogen-bond donors (Lipinski definition) is 0. The Bertz CT molecular complexity index is 2530. The fourth-order valence-electron chi connectivity index (χ4n) is 8.25. The zero-order chi connectivity index (χ0) is 85.3. The van der Waals surface area contributed by atoms with Crippen LogP contribution in [0.5, 0.6) is 0 Å². The summed E-state index contributed by atoms with van der Waals surface area (Å²) >= 11 is 0. The van der Waals surface area contributed by atoms with Gasteiger partial charge in [-0.2, -0.15) is 10.2 Å². The van der Waals surface area contributed by atoms with Crippen molar-refractivity contribution in [3.63, 3.8) is 0 Å². The maximum Gasteiger partial charge on any atom is 0.0946 e. The Hall–Kier alpha value is -6.50. The smallest absolute Gasteiger partial charge is 0.0946 e. The van der Waals surface area contributed by atoms with Gasteiger partial charge in [0.25, 0.3) is 0 Å². The zero-order valence-electron chi connectivity index (χ0n) is 78.4. The Morgan fingerprint density at radius 2 is 0.860 bits per heavy atom. The van der Waals surface area contributed by atoms with Crippen molar-refractivity contribution >= 4 is 0 Å². The van der Waals surface area contributed by atoms with E-state index in [1.54, 1.807) is 18.7 Å². The summed E-state index contributed by atoms with van der Waals surface area (Å²) in [4.78, 5) is 16.3. The van der Waals surface area contributed by atoms with Crippen LogP contribution in [0.1, 0.15) is 388 Å². The SMILES string of the molecule is CC.CC.CC.CC.CC.CC.CC.CC.CC.CC.CC(C)C1CCCO1.CC(C)C1CCOC1.CC(C)c1ccccc1.CC(C)c1ccccn1.CC(C)c1cccnc1.CC(C)c1ccncc1.CC(C)c1ccnn1C.CC(C)c1ccoc1.CC(C)c1cn(C)cn1.CC(C)c1cnn(C)c1. The molecule has 0 bridgehead atoms. The number of furan rings is 1. The van der Waals surface area contributed by atoms with Gasteiger partial charge in [-0.15, -0.1) is 0 Å². The van der Waals surface area contributed by atoms with E-state index in [4.69, 9.17) is 13.9 Å². The molecular weight excluding hydrogens is 1320 g/mol. The highest BCUT2D eigenvalue weighted by Gasteiger charge is 2.19. The molecular formula is C95H179N9O3. The normalized spacial score (nSPS) is 11.9. The van der Waals surface area contributed by atoms with Gasteiger partial charge in [-0.1, -0.05) is 319 Å². The molecule has 2 unspecified atom stereocenters. The van der Waals surface area contributed by atoms with Gasteiger partial charge in [0.2, 0.25) is 0 Å². The largest absolute Gasteiger partial charge is 0.472 e. The first-order valence-corrected chi connectivity index (χ1v) is 42.2. The Labute approximate surface area is 667 Å². The summed E-state index contributed by atoms with van der Waals surface area (Å²) in [5, 5.41) is 8.11. The molecule has 2 saturated heterocycles. The first-order valence-electron chi connectivity index (χ1n) is 42.2. The highest BCUT2D eigenvalue weighted by atomic mass is 16.5. The van der Waals surface area contributed by atoms with Crippen LogP contribution in [0.15, 0.2) is 164 Å². The third kappa shape index (κ3) is 72.1. The Morgan fingerprint density at radius 1 is 0.374 bits per heavy atom. The summed E-state index contributed by atoms with van der Waals surface area (Å²) in [5.41, 5.74) is 10.3. The van der Waals surface area contributed by atoms with Crippen LogP contribution in [0.3, 0.4) is 0 Å². The molecule has 10 rings (SSSR count). The summed E-state index contributed by atoms with van der Waals surface area (Å²) in [7, 11) is 5.89. The molecule has 107 heavy (non-hydrogen) atoms. The molecule has 8 aromatic rings. The van der Waals surface area contributed by atoms with Gasteiger partial charge in [0.1, 0.15) is 0 Å². The molecule has 2 aliphatic heterocycles. The van der Waals surface area contributed by atoms with Crippen molar-refractivity contribution in [2.75, 3.05) is 19.8 Å². The lowest BCUT2D eigenvalue weighted by Gasteiger charge is -2.11. The van der Waals surface area contributed by atoms with E-state index in [2.05, 4.69) is 199 Å². The number of aryl methyl sites for hydroxylation is 3. The summed E-state index contributed by atoms with van der Waals surface area (Å²) in [6, 6.07) is 28.7. The number of nitrogens with zero attached hydrogens (tertiary/aromatic N) is 9. The molecule has 0 radical (unpaired) electrons. The second-order valence-corrected chi connectivity index (χ2v) is 25.5. The lowest BCUT2D eigenvalue weighted by atomic mass is 9.96. The van der Waals surface area contributed by atoms with E-state index in [1.807, 2.05) is 284 Å². The summed E-state index contributed by atoms with van der Waals surface area (Å²) in [6.07, 6.45) is 26.7. The first kappa shape index (κ1) is 121. The van der Waals surface area contributed by atoms with Crippen LogP contribution in [-0.2, 0) is 30.6 Å². The van der Waals surface area contributed by atoms with Crippen molar-refractivity contribution < 1.29 is 13.9 Å². The van der Waals surface area contributed by atoms with E-state index in [9.17, 15) is 0 Å². The lowest BCUT2D eigenvalue weighted by Crippen LogP contribution is -2.12. The van der Waals surface area contributed by atoms with E-state index in [0.717, 1.165) is 49.0 Å². The topological polar surface area (TPSA) is 124 Å². The van der Waals surface area contributed by atoms with Crippen molar-refractivity contribution in [1.82, 2.24) is 44.1 Å². The number of hydrogen-bond acceptors (Lipinski definition) is 9. The Balaban J connectivity index is -0.000000119. The van der Waals surface area contributed by atoms with Gasteiger partial charge in [0.15, 0.2) is 0 Å². The summed E-state index contributed by atoms with van der Waals surface area (Å²) in [5.74, 6) is 7.12. The van der Waals surface area contributed by atoms with E-state index in [0.29, 0.717) is 53.4 Å². The van der Waals surface area contributed by atoms with Crippen LogP contribution < -0.4 is 0 Å². The van der Waals surface area contributed by atoms with Crippen LogP contribution in [0.2, 0.25) is 0 Å². The third-order valence-corrected chi connectivity index (χ3v) is 14.5. The predicted molar refractivity (Wildman–Crippen MR) is 481 cm³/mol. The minimum absolute atomic E-state index is 0.547. The molecule has 0 amide bonds. The maximum absolute atomic E-state index is 5.41. The van der Waals surface area contributed by atoms with Crippen molar-refractivity contribution in [3.05, 3.63) is 204 Å². The van der Waals surface area contributed by atoms with Crippen molar-refractivity contribution in [2.45, 2.75) is 350 Å². The number of imidazole rings is 1. The van der Waals surface area contributed by atoms with Gasteiger partial charge in [-0.3, -0.25) is 24.3 Å². The fourth-order valence-corrected chi connectivity index (χ4v) is 8.25. The molecule has 0 N–H and O–H groups in total. The molecule has 12 nitrogen and oxygen atoms in total. The van der Waals surface area contributed by atoms with E-state index < -0.39 is 0 Å². The van der Waals surface area contributed by atoms with Crippen molar-refractivity contribution in [3.8, 4) is 0 Å². The molecule has 9 heterocycles. The molecule has 2 atom stereocenters. The molecule has 1 aromatic carbocycles.